The number of terminal acetylenes is 1. The average molecular weight is 257 g/mol. The molecule has 0 spiro atoms. The Bertz CT molecular complexity index is 575. The molecule has 92 valence electrons. The van der Waals surface area contributed by atoms with Crippen LogP contribution in [0, 0.1) is 12.3 Å². The van der Waals surface area contributed by atoms with E-state index >= 15 is 0 Å². The van der Waals surface area contributed by atoms with E-state index in [4.69, 9.17) is 12.2 Å². The summed E-state index contributed by atoms with van der Waals surface area (Å²) in [5.41, 5.74) is 8.52. The summed E-state index contributed by atoms with van der Waals surface area (Å²) >= 11 is 1.74. The molecule has 0 aliphatic rings. The summed E-state index contributed by atoms with van der Waals surface area (Å²) in [5.74, 6) is 4.35. The summed E-state index contributed by atoms with van der Waals surface area (Å²) in [7, 11) is 0. The Balaban J connectivity index is 2.09. The van der Waals surface area contributed by atoms with Gasteiger partial charge in [-0.15, -0.1) is 18.2 Å². The Hall–Kier alpha value is -1.86. The van der Waals surface area contributed by atoms with E-state index in [0.717, 1.165) is 34.6 Å². The molecule has 18 heavy (non-hydrogen) atoms. The molecule has 0 aliphatic heterocycles. The highest BCUT2D eigenvalue weighted by Crippen LogP contribution is 2.26. The summed E-state index contributed by atoms with van der Waals surface area (Å²) in [6, 6.07) is 7.81. The molecule has 3 nitrogen and oxygen atoms in total. The van der Waals surface area contributed by atoms with Crippen LogP contribution in [0.1, 0.15) is 0 Å². The van der Waals surface area contributed by atoms with Crippen molar-refractivity contribution in [3.05, 3.63) is 30.5 Å². The molecule has 0 fully saturated rings. The van der Waals surface area contributed by atoms with E-state index in [1.165, 1.54) is 0 Å². The van der Waals surface area contributed by atoms with Gasteiger partial charge in [0.1, 0.15) is 0 Å². The number of rotatable bonds is 5. The summed E-state index contributed by atoms with van der Waals surface area (Å²) in [4.78, 5) is 4.30. The molecule has 1 aromatic heterocycles. The van der Waals surface area contributed by atoms with Crippen LogP contribution in [-0.4, -0.2) is 23.0 Å². The fraction of sp³-hybridized carbons (Fsp3) is 0.214. The van der Waals surface area contributed by atoms with E-state index < -0.39 is 0 Å². The van der Waals surface area contributed by atoms with Crippen molar-refractivity contribution >= 4 is 34.0 Å². The second-order valence-corrected chi connectivity index (χ2v) is 4.89. The number of hydrogen-bond acceptors (Lipinski definition) is 4. The lowest BCUT2D eigenvalue weighted by atomic mass is 10.1. The maximum atomic E-state index is 5.90. The molecule has 2 aromatic rings. The first-order valence-electron chi connectivity index (χ1n) is 5.71. The number of anilines is 2. The molecule has 0 aliphatic carbocycles. The second kappa shape index (κ2) is 6.18. The van der Waals surface area contributed by atoms with Gasteiger partial charge < -0.3 is 11.1 Å². The quantitative estimate of drug-likeness (QED) is 0.491. The first-order chi connectivity index (χ1) is 8.83. The number of pyridine rings is 1. The smallest absolute Gasteiger partial charge is 0.0951 e. The SMILES string of the molecule is C#CCSCCNc1ccc(N)c2ncccc12. The molecule has 2 rings (SSSR count). The fourth-order valence-corrected chi connectivity index (χ4v) is 2.25. The molecule has 4 heteroatoms. The van der Waals surface area contributed by atoms with Gasteiger partial charge >= 0.3 is 0 Å². The standard InChI is InChI=1S/C14H15N3S/c1-2-9-18-10-8-16-13-6-5-12(15)14-11(13)4-3-7-17-14/h1,3-7,16H,8-10,15H2. The van der Waals surface area contributed by atoms with Crippen molar-refractivity contribution in [2.75, 3.05) is 29.1 Å². The van der Waals surface area contributed by atoms with E-state index in [9.17, 15) is 0 Å². The summed E-state index contributed by atoms with van der Waals surface area (Å²) in [6.07, 6.45) is 6.95. The number of fused-ring (bicyclic) bond motifs is 1. The minimum Gasteiger partial charge on any atom is -0.397 e. The highest BCUT2D eigenvalue weighted by atomic mass is 32.2. The van der Waals surface area contributed by atoms with Gasteiger partial charge in [0.05, 0.1) is 17.0 Å². The van der Waals surface area contributed by atoms with Crippen LogP contribution in [0.4, 0.5) is 11.4 Å². The lowest BCUT2D eigenvalue weighted by molar-refractivity contribution is 1.23. The van der Waals surface area contributed by atoms with E-state index in [0.29, 0.717) is 5.69 Å². The molecule has 3 N–H and O–H groups in total. The maximum Gasteiger partial charge on any atom is 0.0951 e. The van der Waals surface area contributed by atoms with Crippen LogP contribution in [0.5, 0.6) is 0 Å². The largest absolute Gasteiger partial charge is 0.397 e. The third-order valence-electron chi connectivity index (χ3n) is 2.55. The number of nitrogens with one attached hydrogen (secondary N) is 1. The van der Waals surface area contributed by atoms with Gasteiger partial charge in [0.15, 0.2) is 0 Å². The van der Waals surface area contributed by atoms with E-state index in [2.05, 4.69) is 16.2 Å². The van der Waals surface area contributed by atoms with Crippen molar-refractivity contribution in [2.45, 2.75) is 0 Å². The topological polar surface area (TPSA) is 50.9 Å². The molecular formula is C14H15N3S. The summed E-state index contributed by atoms with van der Waals surface area (Å²) < 4.78 is 0. The first kappa shape index (κ1) is 12.6. The lowest BCUT2D eigenvalue weighted by Gasteiger charge is -2.10. The zero-order valence-electron chi connectivity index (χ0n) is 10.0. The van der Waals surface area contributed by atoms with Crippen molar-refractivity contribution in [1.29, 1.82) is 0 Å². The molecular weight excluding hydrogens is 242 g/mol. The molecule has 1 heterocycles. The lowest BCUT2D eigenvalue weighted by Crippen LogP contribution is -2.05. The van der Waals surface area contributed by atoms with Crippen LogP contribution in [0.15, 0.2) is 30.5 Å². The van der Waals surface area contributed by atoms with Gasteiger partial charge in [0.2, 0.25) is 0 Å². The number of hydrogen-bond donors (Lipinski definition) is 2. The predicted octanol–water partition coefficient (Wildman–Crippen LogP) is 2.60. The van der Waals surface area contributed by atoms with Crippen LogP contribution >= 0.6 is 11.8 Å². The molecule has 0 saturated heterocycles. The van der Waals surface area contributed by atoms with E-state index in [1.807, 2.05) is 24.3 Å². The van der Waals surface area contributed by atoms with Gasteiger partial charge in [-0.1, -0.05) is 5.92 Å². The van der Waals surface area contributed by atoms with Crippen LogP contribution in [-0.2, 0) is 0 Å². The number of nitrogen functional groups attached to an aromatic ring is 1. The van der Waals surface area contributed by atoms with Crippen LogP contribution in [0.3, 0.4) is 0 Å². The summed E-state index contributed by atoms with van der Waals surface area (Å²) in [6.45, 7) is 0.875. The molecule has 0 saturated carbocycles. The molecule has 0 radical (unpaired) electrons. The van der Waals surface area contributed by atoms with Gasteiger partial charge in [-0.2, -0.15) is 0 Å². The van der Waals surface area contributed by atoms with Crippen molar-refractivity contribution in [3.63, 3.8) is 0 Å². The van der Waals surface area contributed by atoms with Crippen LogP contribution in [0.25, 0.3) is 10.9 Å². The Morgan fingerprint density at radius 3 is 3.11 bits per heavy atom. The number of benzene rings is 1. The molecule has 0 unspecified atom stereocenters. The highest BCUT2D eigenvalue weighted by molar-refractivity contribution is 7.99. The Morgan fingerprint density at radius 1 is 1.39 bits per heavy atom. The Morgan fingerprint density at radius 2 is 2.28 bits per heavy atom. The fourth-order valence-electron chi connectivity index (χ4n) is 1.74. The number of nitrogens with zero attached hydrogens (tertiary/aromatic N) is 1. The maximum absolute atomic E-state index is 5.90. The highest BCUT2D eigenvalue weighted by Gasteiger charge is 2.03. The van der Waals surface area contributed by atoms with Gasteiger partial charge in [0.25, 0.3) is 0 Å². The molecule has 0 bridgehead atoms. The molecule has 0 amide bonds. The van der Waals surface area contributed by atoms with Crippen molar-refractivity contribution in [3.8, 4) is 12.3 Å². The minimum atomic E-state index is 0.706. The second-order valence-electron chi connectivity index (χ2n) is 3.79. The zero-order chi connectivity index (χ0) is 12.8. The molecule has 0 atom stereocenters. The minimum absolute atomic E-state index is 0.706. The Kier molecular flexibility index (Phi) is 4.32. The molecule has 1 aromatic carbocycles. The monoisotopic (exact) mass is 257 g/mol. The number of thioether (sulfide) groups is 1. The first-order valence-corrected chi connectivity index (χ1v) is 6.86. The van der Waals surface area contributed by atoms with E-state index in [1.54, 1.807) is 18.0 Å². The van der Waals surface area contributed by atoms with Crippen LogP contribution in [0.2, 0.25) is 0 Å². The van der Waals surface area contributed by atoms with Gasteiger partial charge in [-0.05, 0) is 24.3 Å². The Labute approximate surface area is 111 Å². The average Bonchev–Trinajstić information content (AvgIpc) is 2.41. The number of aromatic nitrogens is 1. The third-order valence-corrected chi connectivity index (χ3v) is 3.41. The normalized spacial score (nSPS) is 10.2. The zero-order valence-corrected chi connectivity index (χ0v) is 10.8. The summed E-state index contributed by atoms with van der Waals surface area (Å²) in [5, 5.41) is 4.44. The van der Waals surface area contributed by atoms with Crippen molar-refractivity contribution < 1.29 is 0 Å². The van der Waals surface area contributed by atoms with Crippen molar-refractivity contribution in [1.82, 2.24) is 4.98 Å². The van der Waals surface area contributed by atoms with E-state index in [-0.39, 0.29) is 0 Å². The third kappa shape index (κ3) is 2.88. The van der Waals surface area contributed by atoms with Gasteiger partial charge in [-0.25, -0.2) is 0 Å². The van der Waals surface area contributed by atoms with Crippen LogP contribution < -0.4 is 11.1 Å². The van der Waals surface area contributed by atoms with Gasteiger partial charge in [0, 0.05) is 29.6 Å². The predicted molar refractivity (Wildman–Crippen MR) is 80.8 cm³/mol. The number of nitrogens with two attached hydrogens (primary N) is 1. The van der Waals surface area contributed by atoms with Gasteiger partial charge in [-0.3, -0.25) is 4.98 Å². The van der Waals surface area contributed by atoms with Crippen molar-refractivity contribution in [2.24, 2.45) is 0 Å².